The maximum absolute atomic E-state index is 12.4. The first-order chi connectivity index (χ1) is 10.9. The van der Waals surface area contributed by atoms with E-state index >= 15 is 0 Å². The number of benzene rings is 1. The number of carbonyl (C=O) groups excluding carboxylic acids is 1. The number of nitro benzene ring substituents is 1. The Bertz CT molecular complexity index is 729. The summed E-state index contributed by atoms with van der Waals surface area (Å²) in [5.74, 6) is 0.0720. The summed E-state index contributed by atoms with van der Waals surface area (Å²) in [6.45, 7) is 3.71. The minimum Gasteiger partial charge on any atom is -0.495 e. The van der Waals surface area contributed by atoms with Gasteiger partial charge in [0.25, 0.3) is 11.6 Å². The fourth-order valence-electron chi connectivity index (χ4n) is 2.05. The van der Waals surface area contributed by atoms with E-state index < -0.39 is 11.0 Å². The summed E-state index contributed by atoms with van der Waals surface area (Å²) in [4.78, 5) is 22.7. The van der Waals surface area contributed by atoms with Crippen LogP contribution in [0.3, 0.4) is 0 Å². The molecule has 1 atom stereocenters. The van der Waals surface area contributed by atoms with Gasteiger partial charge in [-0.2, -0.15) is 4.57 Å². The van der Waals surface area contributed by atoms with Crippen LogP contribution in [-0.4, -0.2) is 17.9 Å². The highest BCUT2D eigenvalue weighted by molar-refractivity contribution is 5.94. The second kappa shape index (κ2) is 6.87. The largest absolute Gasteiger partial charge is 0.495 e. The van der Waals surface area contributed by atoms with E-state index in [9.17, 15) is 14.9 Å². The Hall–Kier alpha value is -2.96. The number of hydrogen-bond acceptors (Lipinski definition) is 4. The second-order valence-corrected chi connectivity index (χ2v) is 5.13. The number of nitro groups is 1. The predicted molar refractivity (Wildman–Crippen MR) is 84.4 cm³/mol. The molecule has 0 fully saturated rings. The normalized spacial score (nSPS) is 11.6. The maximum atomic E-state index is 12.4. The van der Waals surface area contributed by atoms with Crippen molar-refractivity contribution in [2.45, 2.75) is 19.9 Å². The van der Waals surface area contributed by atoms with E-state index in [-0.39, 0.29) is 17.3 Å². The van der Waals surface area contributed by atoms with E-state index in [1.54, 1.807) is 11.5 Å². The summed E-state index contributed by atoms with van der Waals surface area (Å²) in [7, 11) is 1.44. The predicted octanol–water partition coefficient (Wildman–Crippen LogP) is 2.40. The molecule has 1 heterocycles. The number of aryl methyl sites for hydroxylation is 1. The topological polar surface area (TPSA) is 85.3 Å². The first-order valence-electron chi connectivity index (χ1n) is 7.03. The van der Waals surface area contributed by atoms with Crippen LogP contribution in [0.15, 0.2) is 42.7 Å². The standard InChI is InChI=1S/C16H17N3O4/c1-11-6-8-18(9-7-11)12(2)16(20)17-14-10-13(19(21)22)4-5-15(14)23-3/h4-10,12H,1-3H3/p+1/t12-/m1/s1. The summed E-state index contributed by atoms with van der Waals surface area (Å²) in [6.07, 6.45) is 3.62. The van der Waals surface area contributed by atoms with Gasteiger partial charge >= 0.3 is 0 Å². The van der Waals surface area contributed by atoms with E-state index in [0.29, 0.717) is 5.75 Å². The van der Waals surface area contributed by atoms with Gasteiger partial charge in [0.2, 0.25) is 6.04 Å². The Morgan fingerprint density at radius 2 is 1.96 bits per heavy atom. The molecular formula is C16H18N3O4+. The molecule has 2 rings (SSSR count). The molecule has 23 heavy (non-hydrogen) atoms. The number of non-ortho nitro benzene ring substituents is 1. The highest BCUT2D eigenvalue weighted by Crippen LogP contribution is 2.29. The summed E-state index contributed by atoms with van der Waals surface area (Å²) in [5.41, 5.74) is 1.25. The number of amides is 1. The van der Waals surface area contributed by atoms with Gasteiger partial charge in [-0.15, -0.1) is 0 Å². The molecule has 0 saturated heterocycles. The smallest absolute Gasteiger partial charge is 0.293 e. The van der Waals surface area contributed by atoms with Crippen molar-refractivity contribution in [2.24, 2.45) is 0 Å². The molecule has 0 aliphatic heterocycles. The molecule has 0 radical (unpaired) electrons. The highest BCUT2D eigenvalue weighted by Gasteiger charge is 2.23. The fourth-order valence-corrected chi connectivity index (χ4v) is 2.05. The molecule has 1 N–H and O–H groups in total. The zero-order chi connectivity index (χ0) is 17.0. The number of anilines is 1. The number of hydrogen-bond donors (Lipinski definition) is 1. The van der Waals surface area contributed by atoms with Gasteiger partial charge in [0, 0.05) is 31.2 Å². The fraction of sp³-hybridized carbons (Fsp3) is 0.250. The van der Waals surface area contributed by atoms with Gasteiger partial charge in [0.1, 0.15) is 5.75 Å². The monoisotopic (exact) mass is 316 g/mol. The van der Waals surface area contributed by atoms with Crippen molar-refractivity contribution in [3.05, 3.63) is 58.4 Å². The molecule has 0 saturated carbocycles. The molecule has 0 aliphatic rings. The number of nitrogens with zero attached hydrogens (tertiary/aromatic N) is 2. The summed E-state index contributed by atoms with van der Waals surface area (Å²) in [6, 6.07) is 7.39. The third-order valence-electron chi connectivity index (χ3n) is 3.50. The van der Waals surface area contributed by atoms with Crippen molar-refractivity contribution in [3.63, 3.8) is 0 Å². The quantitative estimate of drug-likeness (QED) is 0.521. The number of nitrogens with one attached hydrogen (secondary N) is 1. The Labute approximate surface area is 133 Å². The van der Waals surface area contributed by atoms with E-state index in [2.05, 4.69) is 5.32 Å². The minimum absolute atomic E-state index is 0.114. The third-order valence-corrected chi connectivity index (χ3v) is 3.50. The molecule has 1 amide bonds. The Kier molecular flexibility index (Phi) is 4.90. The van der Waals surface area contributed by atoms with Gasteiger partial charge in [-0.1, -0.05) is 0 Å². The molecule has 120 valence electrons. The van der Waals surface area contributed by atoms with Crippen molar-refractivity contribution >= 4 is 17.3 Å². The lowest BCUT2D eigenvalue weighted by atomic mass is 10.2. The number of aromatic nitrogens is 1. The Balaban J connectivity index is 2.23. The van der Waals surface area contributed by atoms with Crippen LogP contribution in [0, 0.1) is 17.0 Å². The summed E-state index contributed by atoms with van der Waals surface area (Å²) < 4.78 is 6.89. The van der Waals surface area contributed by atoms with Gasteiger partial charge in [0.05, 0.1) is 17.7 Å². The molecule has 0 spiro atoms. The zero-order valence-electron chi connectivity index (χ0n) is 13.1. The number of methoxy groups -OCH3 is 1. The summed E-state index contributed by atoms with van der Waals surface area (Å²) >= 11 is 0. The van der Waals surface area contributed by atoms with Gasteiger partial charge in [0.15, 0.2) is 12.4 Å². The van der Waals surface area contributed by atoms with Crippen LogP contribution in [-0.2, 0) is 4.79 Å². The average Bonchev–Trinajstić information content (AvgIpc) is 2.54. The number of pyridine rings is 1. The SMILES string of the molecule is COc1ccc([N+](=O)[O-])cc1NC(=O)[C@@H](C)[n+]1ccc(C)cc1. The Morgan fingerprint density at radius 3 is 2.52 bits per heavy atom. The molecule has 1 aromatic heterocycles. The van der Waals surface area contributed by atoms with Crippen molar-refractivity contribution in [1.82, 2.24) is 0 Å². The van der Waals surface area contributed by atoms with Crippen molar-refractivity contribution < 1.29 is 19.0 Å². The van der Waals surface area contributed by atoms with Crippen LogP contribution in [0.25, 0.3) is 0 Å². The van der Waals surface area contributed by atoms with Crippen LogP contribution in [0.4, 0.5) is 11.4 Å². The third kappa shape index (κ3) is 3.82. The molecule has 0 unspecified atom stereocenters. The van der Waals surface area contributed by atoms with E-state index in [1.165, 1.54) is 25.3 Å². The lowest BCUT2D eigenvalue weighted by molar-refractivity contribution is -0.705. The van der Waals surface area contributed by atoms with Gasteiger partial charge in [-0.25, -0.2) is 0 Å². The minimum atomic E-state index is -0.521. The van der Waals surface area contributed by atoms with Crippen molar-refractivity contribution in [1.29, 1.82) is 0 Å². The molecule has 1 aromatic carbocycles. The van der Waals surface area contributed by atoms with Crippen LogP contribution in [0.2, 0.25) is 0 Å². The number of rotatable bonds is 5. The van der Waals surface area contributed by atoms with E-state index in [0.717, 1.165) is 5.56 Å². The molecular weight excluding hydrogens is 298 g/mol. The Morgan fingerprint density at radius 1 is 1.30 bits per heavy atom. The van der Waals surface area contributed by atoms with Gasteiger partial charge in [-0.05, 0) is 18.6 Å². The second-order valence-electron chi connectivity index (χ2n) is 5.13. The molecule has 0 aliphatic carbocycles. The summed E-state index contributed by atoms with van der Waals surface area (Å²) in [5, 5.41) is 13.6. The zero-order valence-corrected chi connectivity index (χ0v) is 13.1. The maximum Gasteiger partial charge on any atom is 0.293 e. The first kappa shape index (κ1) is 16.4. The molecule has 7 nitrogen and oxygen atoms in total. The van der Waals surface area contributed by atoms with Crippen LogP contribution >= 0.6 is 0 Å². The first-order valence-corrected chi connectivity index (χ1v) is 7.03. The number of ether oxygens (including phenoxy) is 1. The van der Waals surface area contributed by atoms with Gasteiger partial charge in [-0.3, -0.25) is 14.9 Å². The van der Waals surface area contributed by atoms with E-state index in [1.807, 2.05) is 31.5 Å². The average molecular weight is 316 g/mol. The highest BCUT2D eigenvalue weighted by atomic mass is 16.6. The van der Waals surface area contributed by atoms with Crippen molar-refractivity contribution in [3.8, 4) is 5.75 Å². The lowest BCUT2D eigenvalue weighted by Gasteiger charge is -2.12. The van der Waals surface area contributed by atoms with Crippen LogP contribution in [0.5, 0.6) is 5.75 Å². The van der Waals surface area contributed by atoms with Crippen molar-refractivity contribution in [2.75, 3.05) is 12.4 Å². The molecule has 0 bridgehead atoms. The van der Waals surface area contributed by atoms with Crippen LogP contribution in [0.1, 0.15) is 18.5 Å². The molecule has 7 heteroatoms. The molecule has 2 aromatic rings. The van der Waals surface area contributed by atoms with E-state index in [4.69, 9.17) is 4.74 Å². The number of carbonyl (C=O) groups is 1. The lowest BCUT2D eigenvalue weighted by Crippen LogP contribution is -2.44. The van der Waals surface area contributed by atoms with Gasteiger partial charge < -0.3 is 10.1 Å². The van der Waals surface area contributed by atoms with Crippen LogP contribution < -0.4 is 14.6 Å².